The molecular weight excluding hydrogens is 336 g/mol. The van der Waals surface area contributed by atoms with Gasteiger partial charge in [-0.3, -0.25) is 0 Å². The normalized spacial score (nSPS) is 28.6. The van der Waals surface area contributed by atoms with Gasteiger partial charge in [0.15, 0.2) is 0 Å². The largest absolute Gasteiger partial charge is 0.0836 e. The Kier molecular flexibility index (Phi) is 2.48. The van der Waals surface area contributed by atoms with Crippen LogP contribution in [0.25, 0.3) is 22.3 Å². The van der Waals surface area contributed by atoms with Crippen molar-refractivity contribution in [2.24, 2.45) is 17.3 Å². The van der Waals surface area contributed by atoms with Crippen LogP contribution >= 0.6 is 0 Å². The van der Waals surface area contributed by atoms with Gasteiger partial charge in [-0.15, -0.1) is 0 Å². The molecule has 0 heterocycles. The van der Waals surface area contributed by atoms with E-state index in [0.717, 1.165) is 0 Å². The molecular formula is C28H26. The molecule has 7 rings (SSSR count). The van der Waals surface area contributed by atoms with E-state index in [1.807, 2.05) is 0 Å². The van der Waals surface area contributed by atoms with E-state index in [-0.39, 0.29) is 10.8 Å². The maximum absolute atomic E-state index is 2.50. The third-order valence-corrected chi connectivity index (χ3v) is 8.79. The average Bonchev–Trinajstić information content (AvgIpc) is 3.13. The molecule has 2 aromatic carbocycles. The van der Waals surface area contributed by atoms with E-state index in [9.17, 15) is 0 Å². The summed E-state index contributed by atoms with van der Waals surface area (Å²) in [4.78, 5) is 0. The van der Waals surface area contributed by atoms with Crippen molar-refractivity contribution in [1.82, 2.24) is 0 Å². The lowest BCUT2D eigenvalue weighted by atomic mass is 9.60. The number of benzene rings is 2. The fraction of sp³-hybridized carbons (Fsp3) is 0.357. The van der Waals surface area contributed by atoms with Gasteiger partial charge in [-0.1, -0.05) is 76.2 Å². The summed E-state index contributed by atoms with van der Waals surface area (Å²) in [5, 5.41) is 3.20. The van der Waals surface area contributed by atoms with E-state index in [4.69, 9.17) is 0 Å². The number of hydrogen-bond donors (Lipinski definition) is 0. The quantitative estimate of drug-likeness (QED) is 0.601. The Bertz CT molecular complexity index is 1310. The first-order chi connectivity index (χ1) is 13.4. The molecule has 0 aromatic heterocycles. The second kappa shape index (κ2) is 4.46. The van der Waals surface area contributed by atoms with Crippen LogP contribution in [0.15, 0.2) is 59.7 Å². The zero-order valence-corrected chi connectivity index (χ0v) is 17.2. The predicted molar refractivity (Wildman–Crippen MR) is 116 cm³/mol. The molecule has 2 aromatic rings. The summed E-state index contributed by atoms with van der Waals surface area (Å²) in [6, 6.07) is 14.0. The van der Waals surface area contributed by atoms with Crippen LogP contribution in [-0.2, 0) is 5.41 Å². The molecule has 2 unspecified atom stereocenters. The average molecular weight is 363 g/mol. The lowest BCUT2D eigenvalue weighted by Gasteiger charge is -2.43. The highest BCUT2D eigenvalue weighted by Crippen LogP contribution is 2.62. The SMILES string of the molecule is CC1(C)C2=C3C4=c5c(ccc6c5=C(CC41)c1ccccc1-6)C(C)(C)C3CC=C2. The molecule has 5 aliphatic carbocycles. The van der Waals surface area contributed by atoms with E-state index in [0.29, 0.717) is 11.8 Å². The molecule has 0 aliphatic heterocycles. The molecule has 0 heteroatoms. The molecule has 5 aliphatic rings. The van der Waals surface area contributed by atoms with Crippen LogP contribution in [0, 0.1) is 17.3 Å². The highest BCUT2D eigenvalue weighted by Gasteiger charge is 2.54. The summed E-state index contributed by atoms with van der Waals surface area (Å²) in [6.07, 6.45) is 7.31. The Balaban J connectivity index is 1.76. The standard InChI is InChI=1S/C28H26/c1-27(2)19-10-7-11-20-24(19)26-22(28(20,3)4)14-18-16-9-6-5-8-15(16)17-12-13-21(27)25(26)23(17)18/h5-9,11-13,19,22H,10,14H2,1-4H3. The fourth-order valence-corrected chi connectivity index (χ4v) is 7.35. The van der Waals surface area contributed by atoms with Crippen molar-refractivity contribution < 1.29 is 0 Å². The maximum Gasteiger partial charge on any atom is -0.00199 e. The van der Waals surface area contributed by atoms with Gasteiger partial charge in [-0.25, -0.2) is 0 Å². The Morgan fingerprint density at radius 1 is 0.750 bits per heavy atom. The van der Waals surface area contributed by atoms with Crippen molar-refractivity contribution >= 4 is 11.1 Å². The number of allylic oxidation sites excluding steroid dienone is 4. The Labute approximate surface area is 167 Å². The van der Waals surface area contributed by atoms with Gasteiger partial charge in [0.2, 0.25) is 0 Å². The van der Waals surface area contributed by atoms with Crippen LogP contribution in [-0.4, -0.2) is 0 Å². The Morgan fingerprint density at radius 2 is 1.54 bits per heavy atom. The zero-order valence-electron chi connectivity index (χ0n) is 17.2. The first kappa shape index (κ1) is 15.6. The van der Waals surface area contributed by atoms with Gasteiger partial charge in [-0.05, 0) is 90.5 Å². The molecule has 0 spiro atoms. The predicted octanol–water partition coefficient (Wildman–Crippen LogP) is 5.24. The summed E-state index contributed by atoms with van der Waals surface area (Å²) in [7, 11) is 0. The second-order valence-electron chi connectivity index (χ2n) is 10.6. The Hall–Kier alpha value is -2.34. The van der Waals surface area contributed by atoms with E-state index in [2.05, 4.69) is 76.2 Å². The monoisotopic (exact) mass is 362 g/mol. The van der Waals surface area contributed by atoms with E-state index >= 15 is 0 Å². The minimum absolute atomic E-state index is 0.182. The van der Waals surface area contributed by atoms with Crippen molar-refractivity contribution in [2.75, 3.05) is 0 Å². The van der Waals surface area contributed by atoms with Crippen LogP contribution in [0.4, 0.5) is 0 Å². The van der Waals surface area contributed by atoms with E-state index in [1.54, 1.807) is 38.3 Å². The van der Waals surface area contributed by atoms with Crippen LogP contribution < -0.4 is 10.4 Å². The van der Waals surface area contributed by atoms with Gasteiger partial charge in [-0.2, -0.15) is 0 Å². The van der Waals surface area contributed by atoms with Crippen LogP contribution in [0.1, 0.15) is 51.7 Å². The molecule has 0 nitrogen and oxygen atoms in total. The van der Waals surface area contributed by atoms with E-state index < -0.39 is 0 Å². The summed E-state index contributed by atoms with van der Waals surface area (Å²) < 4.78 is 0. The fourth-order valence-electron chi connectivity index (χ4n) is 7.35. The minimum atomic E-state index is 0.182. The first-order valence-corrected chi connectivity index (χ1v) is 10.8. The van der Waals surface area contributed by atoms with Crippen LogP contribution in [0.2, 0.25) is 0 Å². The highest BCUT2D eigenvalue weighted by molar-refractivity contribution is 5.94. The minimum Gasteiger partial charge on any atom is -0.0836 e. The van der Waals surface area contributed by atoms with Gasteiger partial charge < -0.3 is 0 Å². The van der Waals surface area contributed by atoms with Crippen molar-refractivity contribution in [2.45, 2.75) is 46.0 Å². The molecule has 138 valence electrons. The number of fused-ring (bicyclic) bond motifs is 3. The summed E-state index contributed by atoms with van der Waals surface area (Å²) in [6.45, 7) is 9.99. The molecule has 0 radical (unpaired) electrons. The van der Waals surface area contributed by atoms with Gasteiger partial charge in [0.05, 0.1) is 0 Å². The van der Waals surface area contributed by atoms with E-state index in [1.165, 1.54) is 29.5 Å². The van der Waals surface area contributed by atoms with Gasteiger partial charge in [0, 0.05) is 0 Å². The summed E-state index contributed by atoms with van der Waals surface area (Å²) in [5.74, 6) is 1.24. The molecule has 0 fully saturated rings. The third kappa shape index (κ3) is 1.45. The third-order valence-electron chi connectivity index (χ3n) is 8.79. The molecule has 2 atom stereocenters. The topological polar surface area (TPSA) is 0 Å². The number of rotatable bonds is 0. The zero-order chi connectivity index (χ0) is 19.0. The summed E-state index contributed by atoms with van der Waals surface area (Å²) in [5.41, 5.74) is 13.1. The lowest BCUT2D eigenvalue weighted by Crippen LogP contribution is -2.49. The van der Waals surface area contributed by atoms with Crippen molar-refractivity contribution in [3.63, 3.8) is 0 Å². The van der Waals surface area contributed by atoms with Crippen molar-refractivity contribution in [3.05, 3.63) is 81.3 Å². The summed E-state index contributed by atoms with van der Waals surface area (Å²) >= 11 is 0. The van der Waals surface area contributed by atoms with Gasteiger partial charge in [0.1, 0.15) is 0 Å². The molecule has 28 heavy (non-hydrogen) atoms. The second-order valence-corrected chi connectivity index (χ2v) is 10.6. The molecule has 0 saturated heterocycles. The molecule has 0 amide bonds. The molecule has 0 bridgehead atoms. The Morgan fingerprint density at radius 3 is 2.36 bits per heavy atom. The van der Waals surface area contributed by atoms with Crippen molar-refractivity contribution in [3.8, 4) is 11.1 Å². The van der Waals surface area contributed by atoms with Crippen LogP contribution in [0.5, 0.6) is 0 Å². The van der Waals surface area contributed by atoms with Gasteiger partial charge in [0.25, 0.3) is 0 Å². The molecule has 0 N–H and O–H groups in total. The smallest absolute Gasteiger partial charge is 0.00199 e. The number of hydrogen-bond acceptors (Lipinski definition) is 0. The lowest BCUT2D eigenvalue weighted by molar-refractivity contribution is 0.356. The maximum atomic E-state index is 2.50. The first-order valence-electron chi connectivity index (χ1n) is 10.8. The highest BCUT2D eigenvalue weighted by atomic mass is 14.6. The van der Waals surface area contributed by atoms with Crippen molar-refractivity contribution in [1.29, 1.82) is 0 Å². The van der Waals surface area contributed by atoms with Crippen LogP contribution in [0.3, 0.4) is 0 Å². The van der Waals surface area contributed by atoms with Gasteiger partial charge >= 0.3 is 0 Å². The molecule has 0 saturated carbocycles.